The molecule has 5 rings (SSSR count). The summed E-state index contributed by atoms with van der Waals surface area (Å²) in [5, 5.41) is 19.7. The van der Waals surface area contributed by atoms with E-state index in [-0.39, 0.29) is 18.6 Å². The summed E-state index contributed by atoms with van der Waals surface area (Å²) in [5.41, 5.74) is 8.36. The number of nitriles is 1. The second-order valence-electron chi connectivity index (χ2n) is 11.4. The number of para-hydroxylation sites is 2. The third kappa shape index (κ3) is 5.57. The van der Waals surface area contributed by atoms with Crippen LogP contribution in [0.5, 0.6) is 0 Å². The molecule has 2 fully saturated rings. The van der Waals surface area contributed by atoms with Gasteiger partial charge in [-0.25, -0.2) is 0 Å². The van der Waals surface area contributed by atoms with Crippen LogP contribution < -0.4 is 9.80 Å². The molecule has 1 atom stereocenters. The van der Waals surface area contributed by atoms with E-state index in [4.69, 9.17) is 0 Å². The average Bonchev–Trinajstić information content (AvgIpc) is 2.99. The molecule has 1 N–H and O–H groups in total. The second kappa shape index (κ2) is 12.1. The standard InChI is InChI=1S/C34H40N4O2/c1-24-19-25(2)33(34(40)37-17-18-38(30(22-37)23-39)29-10-5-4-6-11-29)26(3)31(24)20-27-13-15-36(16-14-27)32-12-8-7-9-28(32)21-35/h4-12,19,27,30,39H,13-18,20,22-23H2,1-3H3/t30-/m0/s1. The zero-order valence-corrected chi connectivity index (χ0v) is 23.9. The van der Waals surface area contributed by atoms with E-state index in [1.807, 2.05) is 54.3 Å². The first kappa shape index (κ1) is 27.7. The Morgan fingerprint density at radius 3 is 2.35 bits per heavy atom. The molecule has 0 bridgehead atoms. The van der Waals surface area contributed by atoms with Gasteiger partial charge in [0, 0.05) is 44.0 Å². The number of carbonyl (C=O) groups is 1. The second-order valence-corrected chi connectivity index (χ2v) is 11.4. The lowest BCUT2D eigenvalue weighted by atomic mass is 9.83. The van der Waals surface area contributed by atoms with Gasteiger partial charge in [-0.15, -0.1) is 0 Å². The predicted molar refractivity (Wildman–Crippen MR) is 161 cm³/mol. The molecule has 2 aliphatic heterocycles. The van der Waals surface area contributed by atoms with E-state index >= 15 is 0 Å². The number of anilines is 2. The molecule has 2 heterocycles. The predicted octanol–water partition coefficient (Wildman–Crippen LogP) is 5.27. The van der Waals surface area contributed by atoms with E-state index in [1.54, 1.807) is 0 Å². The van der Waals surface area contributed by atoms with Gasteiger partial charge in [-0.2, -0.15) is 5.26 Å². The van der Waals surface area contributed by atoms with Crippen LogP contribution in [0.25, 0.3) is 0 Å². The summed E-state index contributed by atoms with van der Waals surface area (Å²) in [6, 6.07) is 22.4. The highest BCUT2D eigenvalue weighted by atomic mass is 16.3. The van der Waals surface area contributed by atoms with E-state index in [0.29, 0.717) is 25.6 Å². The van der Waals surface area contributed by atoms with E-state index < -0.39 is 0 Å². The summed E-state index contributed by atoms with van der Waals surface area (Å²) in [7, 11) is 0. The molecule has 208 valence electrons. The minimum Gasteiger partial charge on any atom is -0.394 e. The van der Waals surface area contributed by atoms with Crippen LogP contribution >= 0.6 is 0 Å². The molecule has 3 aromatic rings. The van der Waals surface area contributed by atoms with E-state index in [0.717, 1.165) is 66.0 Å². The molecule has 40 heavy (non-hydrogen) atoms. The number of aliphatic hydroxyl groups is 1. The van der Waals surface area contributed by atoms with Crippen LogP contribution in [0.1, 0.15) is 51.0 Å². The smallest absolute Gasteiger partial charge is 0.254 e. The number of nitrogens with zero attached hydrogens (tertiary/aromatic N) is 4. The fourth-order valence-electron chi connectivity index (χ4n) is 6.69. The van der Waals surface area contributed by atoms with Gasteiger partial charge in [0.2, 0.25) is 0 Å². The van der Waals surface area contributed by atoms with Gasteiger partial charge in [-0.1, -0.05) is 36.4 Å². The maximum Gasteiger partial charge on any atom is 0.254 e. The van der Waals surface area contributed by atoms with E-state index in [1.165, 1.54) is 11.1 Å². The molecule has 0 saturated carbocycles. The van der Waals surface area contributed by atoms with Crippen molar-refractivity contribution in [1.29, 1.82) is 5.26 Å². The van der Waals surface area contributed by atoms with Crippen molar-refractivity contribution in [3.8, 4) is 6.07 Å². The average molecular weight is 537 g/mol. The molecule has 1 amide bonds. The molecule has 3 aromatic carbocycles. The molecule has 0 radical (unpaired) electrons. The van der Waals surface area contributed by atoms with Crippen LogP contribution in [-0.2, 0) is 6.42 Å². The number of aryl methyl sites for hydroxylation is 2. The van der Waals surface area contributed by atoms with E-state index in [9.17, 15) is 15.2 Å². The zero-order valence-electron chi connectivity index (χ0n) is 23.9. The number of hydrogen-bond acceptors (Lipinski definition) is 5. The number of hydrogen-bond donors (Lipinski definition) is 1. The van der Waals surface area contributed by atoms with E-state index in [2.05, 4.69) is 47.9 Å². The van der Waals surface area contributed by atoms with Gasteiger partial charge in [-0.3, -0.25) is 4.79 Å². The van der Waals surface area contributed by atoms with Crippen molar-refractivity contribution in [2.45, 2.75) is 46.1 Å². The summed E-state index contributed by atoms with van der Waals surface area (Å²) in [6.45, 7) is 10.1. The summed E-state index contributed by atoms with van der Waals surface area (Å²) >= 11 is 0. The number of aliphatic hydroxyl groups excluding tert-OH is 1. The lowest BCUT2D eigenvalue weighted by Crippen LogP contribution is -2.56. The van der Waals surface area contributed by atoms with Crippen molar-refractivity contribution < 1.29 is 9.90 Å². The SMILES string of the molecule is Cc1cc(C)c(C(=O)N2CCN(c3ccccc3)[C@H](CO)C2)c(C)c1CC1CCN(c2ccccc2C#N)CC1. The Bertz CT molecular complexity index is 1390. The number of piperidine rings is 1. The fraction of sp³-hybridized carbons (Fsp3) is 0.412. The summed E-state index contributed by atoms with van der Waals surface area (Å²) in [4.78, 5) is 20.4. The molecule has 2 saturated heterocycles. The Labute approximate surface area is 238 Å². The Morgan fingerprint density at radius 2 is 1.65 bits per heavy atom. The van der Waals surface area contributed by atoms with Gasteiger partial charge in [0.25, 0.3) is 5.91 Å². The Morgan fingerprint density at radius 1 is 0.950 bits per heavy atom. The van der Waals surface area contributed by atoms with Crippen molar-refractivity contribution in [1.82, 2.24) is 4.90 Å². The fourth-order valence-corrected chi connectivity index (χ4v) is 6.69. The first-order chi connectivity index (χ1) is 19.4. The third-order valence-electron chi connectivity index (χ3n) is 8.89. The van der Waals surface area contributed by atoms with Gasteiger partial charge >= 0.3 is 0 Å². The Balaban J connectivity index is 1.30. The molecule has 0 unspecified atom stereocenters. The monoisotopic (exact) mass is 536 g/mol. The van der Waals surface area contributed by atoms with Crippen LogP contribution in [0.4, 0.5) is 11.4 Å². The number of carbonyl (C=O) groups excluding carboxylic acids is 1. The molecule has 0 aromatic heterocycles. The van der Waals surface area contributed by atoms with Crippen molar-refractivity contribution >= 4 is 17.3 Å². The van der Waals surface area contributed by atoms with Crippen molar-refractivity contribution in [3.63, 3.8) is 0 Å². The van der Waals surface area contributed by atoms with Crippen molar-refractivity contribution in [3.05, 3.63) is 94.0 Å². The molecule has 6 heteroatoms. The topological polar surface area (TPSA) is 70.8 Å². The maximum absolute atomic E-state index is 14.0. The molecule has 6 nitrogen and oxygen atoms in total. The quantitative estimate of drug-likeness (QED) is 0.465. The van der Waals surface area contributed by atoms with Gasteiger partial charge in [0.1, 0.15) is 6.07 Å². The normalized spacial score (nSPS) is 18.1. The van der Waals surface area contributed by atoms with Crippen LogP contribution in [0.2, 0.25) is 0 Å². The highest BCUT2D eigenvalue weighted by Gasteiger charge is 2.32. The molecular formula is C34H40N4O2. The number of rotatable bonds is 6. The van der Waals surface area contributed by atoms with Crippen molar-refractivity contribution in [2.24, 2.45) is 5.92 Å². The van der Waals surface area contributed by atoms with Gasteiger partial charge in [-0.05, 0) is 92.5 Å². The molecule has 2 aliphatic rings. The lowest BCUT2D eigenvalue weighted by Gasteiger charge is -2.42. The lowest BCUT2D eigenvalue weighted by molar-refractivity contribution is 0.0697. The minimum absolute atomic E-state index is 0.00727. The van der Waals surface area contributed by atoms with Gasteiger partial charge < -0.3 is 19.8 Å². The highest BCUT2D eigenvalue weighted by Crippen LogP contribution is 2.32. The molecule has 0 aliphatic carbocycles. The zero-order chi connectivity index (χ0) is 28.2. The van der Waals surface area contributed by atoms with Gasteiger partial charge in [0.15, 0.2) is 0 Å². The summed E-state index contributed by atoms with van der Waals surface area (Å²) in [5.74, 6) is 0.618. The first-order valence-corrected chi connectivity index (χ1v) is 14.5. The number of benzene rings is 3. The summed E-state index contributed by atoms with van der Waals surface area (Å²) in [6.07, 6.45) is 3.10. The molecule has 0 spiro atoms. The van der Waals surface area contributed by atoms with Gasteiger partial charge in [0.05, 0.1) is 23.9 Å². The Hall–Kier alpha value is -3.82. The maximum atomic E-state index is 14.0. The molecular weight excluding hydrogens is 496 g/mol. The number of piperazine rings is 1. The van der Waals surface area contributed by atoms with Crippen LogP contribution in [0, 0.1) is 38.0 Å². The van der Waals surface area contributed by atoms with Crippen LogP contribution in [0.15, 0.2) is 60.7 Å². The largest absolute Gasteiger partial charge is 0.394 e. The number of amides is 1. The highest BCUT2D eigenvalue weighted by molar-refractivity contribution is 5.97. The Kier molecular flexibility index (Phi) is 8.42. The third-order valence-corrected chi connectivity index (χ3v) is 8.89. The van der Waals surface area contributed by atoms with Crippen LogP contribution in [0.3, 0.4) is 0 Å². The first-order valence-electron chi connectivity index (χ1n) is 14.5. The minimum atomic E-state index is -0.123. The van der Waals surface area contributed by atoms with Crippen molar-refractivity contribution in [2.75, 3.05) is 49.1 Å². The van der Waals surface area contributed by atoms with Crippen LogP contribution in [-0.4, -0.2) is 61.3 Å². The summed E-state index contributed by atoms with van der Waals surface area (Å²) < 4.78 is 0.